The van der Waals surface area contributed by atoms with E-state index in [4.69, 9.17) is 0 Å². The van der Waals surface area contributed by atoms with Crippen LogP contribution in [0.25, 0.3) is 5.57 Å². The average molecular weight is 323 g/mol. The fourth-order valence-corrected chi connectivity index (χ4v) is 3.37. The Kier molecular flexibility index (Phi) is 4.56. The lowest BCUT2D eigenvalue weighted by molar-refractivity contribution is -0.116. The fourth-order valence-electron chi connectivity index (χ4n) is 3.37. The van der Waals surface area contributed by atoms with Crippen LogP contribution in [-0.2, 0) is 4.79 Å². The van der Waals surface area contributed by atoms with E-state index in [1.165, 1.54) is 0 Å². The number of benzene rings is 1. The third-order valence-electron chi connectivity index (χ3n) is 4.92. The van der Waals surface area contributed by atoms with Crippen molar-refractivity contribution in [3.8, 4) is 0 Å². The van der Waals surface area contributed by atoms with Crippen molar-refractivity contribution in [2.45, 2.75) is 46.6 Å². The molecule has 4 nitrogen and oxygen atoms in total. The number of hydrogen-bond donors (Lipinski definition) is 1. The van der Waals surface area contributed by atoms with Crippen molar-refractivity contribution in [3.05, 3.63) is 53.2 Å². The van der Waals surface area contributed by atoms with Crippen LogP contribution in [0.5, 0.6) is 0 Å². The van der Waals surface area contributed by atoms with E-state index in [1.807, 2.05) is 42.9 Å². The summed E-state index contributed by atoms with van der Waals surface area (Å²) in [5.41, 5.74) is 4.46. The van der Waals surface area contributed by atoms with E-state index in [-0.39, 0.29) is 11.8 Å². The van der Waals surface area contributed by atoms with Crippen LogP contribution in [0.2, 0.25) is 0 Å². The molecule has 0 spiro atoms. The highest BCUT2D eigenvalue weighted by atomic mass is 16.2. The molecule has 1 aromatic heterocycles. The van der Waals surface area contributed by atoms with Crippen molar-refractivity contribution >= 4 is 17.3 Å². The van der Waals surface area contributed by atoms with Crippen molar-refractivity contribution in [1.29, 1.82) is 0 Å². The number of nitrogens with zero attached hydrogens (tertiary/aromatic N) is 2. The number of carbonyl (C=O) groups is 1. The maximum absolute atomic E-state index is 12.8. The monoisotopic (exact) mass is 323 g/mol. The average Bonchev–Trinajstić information content (AvgIpc) is 3.16. The summed E-state index contributed by atoms with van der Waals surface area (Å²) in [6.07, 6.45) is 3.83. The maximum Gasteiger partial charge on any atom is 0.237 e. The second-order valence-electron chi connectivity index (χ2n) is 6.48. The zero-order valence-electron chi connectivity index (χ0n) is 14.8. The largest absolute Gasteiger partial charge is 0.310 e. The first-order valence-corrected chi connectivity index (χ1v) is 8.69. The van der Waals surface area contributed by atoms with Gasteiger partial charge in [0.05, 0.1) is 18.2 Å². The molecule has 1 aliphatic rings. The van der Waals surface area contributed by atoms with Crippen LogP contribution < -0.4 is 5.32 Å². The Balaban J connectivity index is 1.77. The molecule has 1 N–H and O–H groups in total. The Morgan fingerprint density at radius 2 is 1.88 bits per heavy atom. The van der Waals surface area contributed by atoms with Crippen molar-refractivity contribution < 1.29 is 4.79 Å². The summed E-state index contributed by atoms with van der Waals surface area (Å²) in [6.45, 7) is 8.33. The highest BCUT2D eigenvalue weighted by Crippen LogP contribution is 2.47. The second kappa shape index (κ2) is 6.63. The van der Waals surface area contributed by atoms with E-state index in [0.717, 1.165) is 40.9 Å². The van der Waals surface area contributed by atoms with Gasteiger partial charge in [0.2, 0.25) is 5.91 Å². The molecule has 2 aromatic rings. The lowest BCUT2D eigenvalue weighted by Crippen LogP contribution is -2.21. The number of amides is 1. The topological polar surface area (TPSA) is 46.9 Å². The third kappa shape index (κ3) is 2.88. The van der Waals surface area contributed by atoms with Gasteiger partial charge in [-0.25, -0.2) is 4.68 Å². The molecule has 1 aliphatic carbocycles. The molecule has 0 radical (unpaired) electrons. The highest BCUT2D eigenvalue weighted by molar-refractivity contribution is 6.11. The van der Waals surface area contributed by atoms with Crippen LogP contribution >= 0.6 is 0 Å². The zero-order valence-corrected chi connectivity index (χ0v) is 14.8. The summed E-state index contributed by atoms with van der Waals surface area (Å²) in [4.78, 5) is 12.8. The first kappa shape index (κ1) is 16.5. The molecular weight excluding hydrogens is 298 g/mol. The summed E-state index contributed by atoms with van der Waals surface area (Å²) < 4.78 is 1.97. The minimum atomic E-state index is -0.114. The van der Waals surface area contributed by atoms with Gasteiger partial charge in [0.1, 0.15) is 5.82 Å². The summed E-state index contributed by atoms with van der Waals surface area (Å²) in [6, 6.07) is 10.5. The molecule has 0 aliphatic heterocycles. The molecule has 0 unspecified atom stereocenters. The Hall–Kier alpha value is -2.36. The first-order valence-electron chi connectivity index (χ1n) is 8.69. The molecule has 0 saturated heterocycles. The van der Waals surface area contributed by atoms with Crippen molar-refractivity contribution in [1.82, 2.24) is 9.78 Å². The van der Waals surface area contributed by atoms with Gasteiger partial charge in [0, 0.05) is 5.56 Å². The van der Waals surface area contributed by atoms with Crippen LogP contribution in [0.15, 0.2) is 42.1 Å². The summed E-state index contributed by atoms with van der Waals surface area (Å²) >= 11 is 0. The number of nitrogens with one attached hydrogen (secondary N) is 1. The van der Waals surface area contributed by atoms with Crippen LogP contribution in [-0.4, -0.2) is 15.7 Å². The minimum absolute atomic E-state index is 0.0437. The number of rotatable bonds is 6. The number of aromatic nitrogens is 2. The van der Waals surface area contributed by atoms with E-state index in [2.05, 4.69) is 36.4 Å². The van der Waals surface area contributed by atoms with Gasteiger partial charge >= 0.3 is 0 Å². The summed E-state index contributed by atoms with van der Waals surface area (Å²) in [7, 11) is 0. The van der Waals surface area contributed by atoms with Gasteiger partial charge in [-0.3, -0.25) is 4.79 Å². The van der Waals surface area contributed by atoms with Crippen LogP contribution in [0.3, 0.4) is 0 Å². The van der Waals surface area contributed by atoms with Gasteiger partial charge in [-0.2, -0.15) is 5.10 Å². The normalized spacial score (nSPS) is 16.6. The number of aryl methyl sites for hydroxylation is 1. The molecule has 3 rings (SSSR count). The Bertz CT molecular complexity index is 769. The molecule has 1 atom stereocenters. The van der Waals surface area contributed by atoms with Gasteiger partial charge in [-0.15, -0.1) is 0 Å². The Morgan fingerprint density at radius 3 is 2.50 bits per heavy atom. The van der Waals surface area contributed by atoms with Gasteiger partial charge in [-0.1, -0.05) is 49.8 Å². The minimum Gasteiger partial charge on any atom is -0.310 e. The van der Waals surface area contributed by atoms with Gasteiger partial charge in [0.25, 0.3) is 0 Å². The lowest BCUT2D eigenvalue weighted by atomic mass is 10.1. The predicted octanol–water partition coefficient (Wildman–Crippen LogP) is 4.59. The third-order valence-corrected chi connectivity index (χ3v) is 4.92. The number of hydrogen-bond acceptors (Lipinski definition) is 2. The molecule has 1 aromatic carbocycles. The molecule has 1 amide bonds. The van der Waals surface area contributed by atoms with Gasteiger partial charge < -0.3 is 5.32 Å². The Morgan fingerprint density at radius 1 is 1.21 bits per heavy atom. The van der Waals surface area contributed by atoms with Crippen molar-refractivity contribution in [2.24, 2.45) is 5.92 Å². The quantitative estimate of drug-likeness (QED) is 0.845. The van der Waals surface area contributed by atoms with Crippen LogP contribution in [0.1, 0.15) is 50.8 Å². The molecule has 0 fully saturated rings. The standard InChI is InChI=1S/C20H25N3O/c1-5-16(6-2)23-19(13(3)12-21-23)22-20(24)18-14(4)17(18)15-10-8-7-9-11-15/h7-12,16,18H,5-6H2,1-4H3,(H,22,24)/t18-/m1/s1. The van der Waals surface area contributed by atoms with E-state index < -0.39 is 0 Å². The van der Waals surface area contributed by atoms with Crippen LogP contribution in [0.4, 0.5) is 5.82 Å². The number of carbonyl (C=O) groups excluding carboxylic acids is 1. The second-order valence-corrected chi connectivity index (χ2v) is 6.48. The summed E-state index contributed by atoms with van der Waals surface area (Å²) in [5.74, 6) is 0.764. The predicted molar refractivity (Wildman–Crippen MR) is 97.7 cm³/mol. The first-order chi connectivity index (χ1) is 11.6. The molecule has 0 bridgehead atoms. The molecular formula is C20H25N3O. The molecule has 0 saturated carbocycles. The van der Waals surface area contributed by atoms with Crippen molar-refractivity contribution in [2.75, 3.05) is 5.32 Å². The number of anilines is 1. The smallest absolute Gasteiger partial charge is 0.237 e. The van der Waals surface area contributed by atoms with E-state index in [9.17, 15) is 4.79 Å². The molecule has 24 heavy (non-hydrogen) atoms. The van der Waals surface area contributed by atoms with Gasteiger partial charge in [0.15, 0.2) is 0 Å². The maximum atomic E-state index is 12.8. The SMILES string of the molecule is CCC(CC)n1ncc(C)c1NC(=O)[C@@H]1C(C)=C1c1ccccc1. The Labute approximate surface area is 143 Å². The fraction of sp³-hybridized carbons (Fsp3) is 0.400. The van der Waals surface area contributed by atoms with Gasteiger partial charge in [-0.05, 0) is 37.8 Å². The van der Waals surface area contributed by atoms with Crippen LogP contribution in [0, 0.1) is 12.8 Å². The van der Waals surface area contributed by atoms with E-state index >= 15 is 0 Å². The molecule has 1 heterocycles. The molecule has 4 heteroatoms. The van der Waals surface area contributed by atoms with E-state index in [1.54, 1.807) is 0 Å². The molecule has 126 valence electrons. The highest BCUT2D eigenvalue weighted by Gasteiger charge is 2.40. The van der Waals surface area contributed by atoms with Crippen molar-refractivity contribution in [3.63, 3.8) is 0 Å². The lowest BCUT2D eigenvalue weighted by Gasteiger charge is -2.18. The van der Waals surface area contributed by atoms with E-state index in [0.29, 0.717) is 6.04 Å². The zero-order chi connectivity index (χ0) is 17.3. The summed E-state index contributed by atoms with van der Waals surface area (Å²) in [5, 5.41) is 7.59.